The van der Waals surface area contributed by atoms with Crippen molar-refractivity contribution in [1.29, 1.82) is 0 Å². The average Bonchev–Trinajstić information content (AvgIpc) is 3.01. The predicted octanol–water partition coefficient (Wildman–Crippen LogP) is 6.96. The molecule has 4 aromatic carbocycles. The van der Waals surface area contributed by atoms with Crippen molar-refractivity contribution in [3.05, 3.63) is 106 Å². The molecule has 1 aliphatic heterocycles. The van der Waals surface area contributed by atoms with Gasteiger partial charge in [-0.15, -0.1) is 0 Å². The number of nitrogens with zero attached hydrogens (tertiary/aromatic N) is 1. The second-order valence-electron chi connectivity index (χ2n) is 6.83. The van der Waals surface area contributed by atoms with Gasteiger partial charge >= 0.3 is 0 Å². The van der Waals surface area contributed by atoms with Gasteiger partial charge in [-0.1, -0.05) is 83.9 Å². The van der Waals surface area contributed by atoms with E-state index in [4.69, 9.17) is 23.2 Å². The largest absolute Gasteiger partial charge is 0.278 e. The lowest BCUT2D eigenvalue weighted by atomic mass is 9.89. The molecule has 0 aliphatic carbocycles. The number of hydrogen-bond donors (Lipinski definition) is 0. The van der Waals surface area contributed by atoms with Crippen LogP contribution in [0.3, 0.4) is 0 Å². The standard InChI is InChI=1S/C24H15Cl2NO/c25-16-12-13-20(26)22(14-16)27-21-11-4-3-9-19(21)23(24(27)28)18-10-5-7-15-6-1-2-8-17(15)18/h1-14,23H. The third-order valence-corrected chi connectivity index (χ3v) is 5.79. The molecule has 1 atom stereocenters. The Kier molecular flexibility index (Phi) is 4.12. The van der Waals surface area contributed by atoms with E-state index in [1.165, 1.54) is 0 Å². The SMILES string of the molecule is O=C1C(c2cccc3ccccc23)c2ccccc2N1c1cc(Cl)ccc1Cl. The summed E-state index contributed by atoms with van der Waals surface area (Å²) in [5.74, 6) is -0.418. The van der Waals surface area contributed by atoms with Crippen LogP contribution < -0.4 is 4.90 Å². The Balaban J connectivity index is 1.75. The minimum absolute atomic E-state index is 0.0262. The Morgan fingerprint density at radius 3 is 2.32 bits per heavy atom. The molecule has 0 bridgehead atoms. The van der Waals surface area contributed by atoms with Crippen molar-refractivity contribution in [2.24, 2.45) is 0 Å². The van der Waals surface area contributed by atoms with Gasteiger partial charge in [0.25, 0.3) is 0 Å². The van der Waals surface area contributed by atoms with Crippen molar-refractivity contribution in [2.45, 2.75) is 5.92 Å². The molecule has 0 fully saturated rings. The van der Waals surface area contributed by atoms with Gasteiger partial charge in [0.2, 0.25) is 5.91 Å². The van der Waals surface area contributed by atoms with Gasteiger partial charge in [-0.25, -0.2) is 0 Å². The second-order valence-corrected chi connectivity index (χ2v) is 7.67. The molecule has 0 aromatic heterocycles. The molecule has 5 rings (SSSR count). The molecule has 4 heteroatoms. The minimum atomic E-state index is -0.391. The molecular weight excluding hydrogens is 389 g/mol. The van der Waals surface area contributed by atoms with E-state index < -0.39 is 5.92 Å². The van der Waals surface area contributed by atoms with E-state index >= 15 is 0 Å². The van der Waals surface area contributed by atoms with Crippen molar-refractivity contribution >= 4 is 51.3 Å². The maximum Gasteiger partial charge on any atom is 0.243 e. The molecule has 0 saturated carbocycles. The number of anilines is 2. The fourth-order valence-corrected chi connectivity index (χ4v) is 4.39. The highest BCUT2D eigenvalue weighted by atomic mass is 35.5. The smallest absolute Gasteiger partial charge is 0.243 e. The molecule has 0 spiro atoms. The van der Waals surface area contributed by atoms with Crippen LogP contribution in [0.5, 0.6) is 0 Å². The van der Waals surface area contributed by atoms with E-state index in [1.54, 1.807) is 23.1 Å². The highest BCUT2D eigenvalue weighted by molar-refractivity contribution is 6.36. The lowest BCUT2D eigenvalue weighted by molar-refractivity contribution is -0.117. The molecule has 1 heterocycles. The Morgan fingerprint density at radius 1 is 0.714 bits per heavy atom. The number of halogens is 2. The van der Waals surface area contributed by atoms with E-state index in [-0.39, 0.29) is 5.91 Å². The topological polar surface area (TPSA) is 20.3 Å². The summed E-state index contributed by atoms with van der Waals surface area (Å²) < 4.78 is 0. The number of benzene rings is 4. The van der Waals surface area contributed by atoms with Crippen LogP contribution in [0.25, 0.3) is 10.8 Å². The second kappa shape index (κ2) is 6.66. The van der Waals surface area contributed by atoms with Crippen LogP contribution in [0.15, 0.2) is 84.9 Å². The predicted molar refractivity (Wildman–Crippen MR) is 116 cm³/mol. The van der Waals surface area contributed by atoms with E-state index in [0.717, 1.165) is 27.6 Å². The zero-order chi connectivity index (χ0) is 19.3. The van der Waals surface area contributed by atoms with Gasteiger partial charge in [0.05, 0.1) is 22.3 Å². The molecule has 2 nitrogen and oxygen atoms in total. The lowest BCUT2D eigenvalue weighted by Gasteiger charge is -2.20. The molecule has 0 radical (unpaired) electrons. The molecule has 1 aliphatic rings. The fraction of sp³-hybridized carbons (Fsp3) is 0.0417. The van der Waals surface area contributed by atoms with Crippen molar-refractivity contribution in [2.75, 3.05) is 4.90 Å². The minimum Gasteiger partial charge on any atom is -0.278 e. The quantitative estimate of drug-likeness (QED) is 0.354. The third-order valence-electron chi connectivity index (χ3n) is 5.24. The number of carbonyl (C=O) groups excluding carboxylic acids is 1. The average molecular weight is 404 g/mol. The summed E-state index contributed by atoms with van der Waals surface area (Å²) in [5, 5.41) is 3.23. The van der Waals surface area contributed by atoms with Crippen molar-refractivity contribution in [3.63, 3.8) is 0 Å². The fourth-order valence-electron chi connectivity index (χ4n) is 4.02. The van der Waals surface area contributed by atoms with Crippen LogP contribution in [-0.2, 0) is 4.79 Å². The highest BCUT2D eigenvalue weighted by Gasteiger charge is 2.40. The van der Waals surface area contributed by atoms with Gasteiger partial charge in [-0.05, 0) is 46.2 Å². The number of carbonyl (C=O) groups is 1. The van der Waals surface area contributed by atoms with Crippen LogP contribution >= 0.6 is 23.2 Å². The van der Waals surface area contributed by atoms with Gasteiger partial charge in [-0.3, -0.25) is 9.69 Å². The van der Waals surface area contributed by atoms with Crippen molar-refractivity contribution in [3.8, 4) is 0 Å². The van der Waals surface area contributed by atoms with Crippen LogP contribution in [0.2, 0.25) is 10.0 Å². The van der Waals surface area contributed by atoms with E-state index in [2.05, 4.69) is 18.2 Å². The van der Waals surface area contributed by atoms with Gasteiger partial charge < -0.3 is 0 Å². The Labute approximate surface area is 172 Å². The summed E-state index contributed by atoms with van der Waals surface area (Å²) in [4.78, 5) is 15.4. The summed E-state index contributed by atoms with van der Waals surface area (Å²) in [6.45, 7) is 0. The normalized spacial score (nSPS) is 15.9. The van der Waals surface area contributed by atoms with E-state index in [9.17, 15) is 4.79 Å². The number of rotatable bonds is 2. The molecule has 136 valence electrons. The summed E-state index contributed by atoms with van der Waals surface area (Å²) in [6, 6.07) is 27.3. The number of amides is 1. The monoisotopic (exact) mass is 403 g/mol. The number of fused-ring (bicyclic) bond motifs is 2. The van der Waals surface area contributed by atoms with Gasteiger partial charge in [0.15, 0.2) is 0 Å². The molecule has 1 amide bonds. The molecule has 0 saturated heterocycles. The van der Waals surface area contributed by atoms with E-state index in [0.29, 0.717) is 15.7 Å². The summed E-state index contributed by atoms with van der Waals surface area (Å²) in [5.41, 5.74) is 3.42. The van der Waals surface area contributed by atoms with Crippen LogP contribution in [0, 0.1) is 0 Å². The first-order valence-electron chi connectivity index (χ1n) is 9.01. The Bertz CT molecular complexity index is 1230. The molecular formula is C24H15Cl2NO. The first-order chi connectivity index (χ1) is 13.6. The van der Waals surface area contributed by atoms with Crippen molar-refractivity contribution < 1.29 is 4.79 Å². The highest BCUT2D eigenvalue weighted by Crippen LogP contribution is 2.48. The van der Waals surface area contributed by atoms with Gasteiger partial charge in [-0.2, -0.15) is 0 Å². The van der Waals surface area contributed by atoms with Crippen LogP contribution in [0.4, 0.5) is 11.4 Å². The summed E-state index contributed by atoms with van der Waals surface area (Å²) >= 11 is 12.6. The maximum absolute atomic E-state index is 13.7. The Hall–Kier alpha value is -2.81. The first-order valence-corrected chi connectivity index (χ1v) is 9.76. The van der Waals surface area contributed by atoms with Gasteiger partial charge in [0.1, 0.15) is 0 Å². The third kappa shape index (κ3) is 2.61. The molecule has 28 heavy (non-hydrogen) atoms. The molecule has 0 N–H and O–H groups in total. The zero-order valence-corrected chi connectivity index (χ0v) is 16.3. The summed E-state index contributed by atoms with van der Waals surface area (Å²) in [7, 11) is 0. The number of hydrogen-bond acceptors (Lipinski definition) is 1. The zero-order valence-electron chi connectivity index (χ0n) is 14.8. The van der Waals surface area contributed by atoms with Crippen molar-refractivity contribution in [1.82, 2.24) is 0 Å². The lowest BCUT2D eigenvalue weighted by Crippen LogP contribution is -2.24. The van der Waals surface area contributed by atoms with E-state index in [1.807, 2.05) is 48.5 Å². The van der Waals surface area contributed by atoms with Crippen LogP contribution in [0.1, 0.15) is 17.0 Å². The molecule has 4 aromatic rings. The van der Waals surface area contributed by atoms with Crippen LogP contribution in [-0.4, -0.2) is 5.91 Å². The molecule has 1 unspecified atom stereocenters. The van der Waals surface area contributed by atoms with Gasteiger partial charge in [0, 0.05) is 5.02 Å². The number of para-hydroxylation sites is 1. The first kappa shape index (κ1) is 17.3. The summed E-state index contributed by atoms with van der Waals surface area (Å²) in [6.07, 6.45) is 0. The maximum atomic E-state index is 13.7. The Morgan fingerprint density at radius 2 is 1.43 bits per heavy atom.